The molecule has 0 aliphatic heterocycles. The van der Waals surface area contributed by atoms with Crippen molar-refractivity contribution in [2.45, 2.75) is 119 Å². The van der Waals surface area contributed by atoms with E-state index >= 15 is 0 Å². The van der Waals surface area contributed by atoms with E-state index in [4.69, 9.17) is 0 Å². The Morgan fingerprint density at radius 2 is 0.605 bits per heavy atom. The van der Waals surface area contributed by atoms with Crippen molar-refractivity contribution in [1.82, 2.24) is 0 Å². The van der Waals surface area contributed by atoms with Gasteiger partial charge in [0.1, 0.15) is 0 Å². The summed E-state index contributed by atoms with van der Waals surface area (Å²) in [5.74, 6) is 0. The normalized spacial score (nSPS) is 12.4. The van der Waals surface area contributed by atoms with Gasteiger partial charge >= 0.3 is 0 Å². The second-order valence-electron chi connectivity index (χ2n) is 10.7. The van der Waals surface area contributed by atoms with E-state index in [0.29, 0.717) is 0 Å². The third-order valence-electron chi connectivity index (χ3n) is 6.50. The Bertz CT molecular complexity index is 626. The van der Waals surface area contributed by atoms with Crippen LogP contribution in [0.15, 0.2) is 0 Å². The first-order valence-electron chi connectivity index (χ1n) is 14.5. The second-order valence-corrected chi connectivity index (χ2v) is 12.6. The smallest absolute Gasteiger partial charge is 0.246 e. The summed E-state index contributed by atoms with van der Waals surface area (Å²) in [7, 11) is -5.73. The summed E-state index contributed by atoms with van der Waals surface area (Å²) in [6.45, 7) is 22.1. The Morgan fingerprint density at radius 3 is 0.711 bits per heavy atom. The van der Waals surface area contributed by atoms with E-state index in [0.717, 1.165) is 0 Å². The number of nitrogens with zero attached hydrogens (tertiary/aromatic N) is 2. The van der Waals surface area contributed by atoms with Gasteiger partial charge < -0.3 is 18.1 Å². The Balaban J connectivity index is -0.000000492. The minimum Gasteiger partial charge on any atom is -0.724 e. The van der Waals surface area contributed by atoms with E-state index < -0.39 is 20.8 Å². The number of hydrogen-bond donors (Lipinski definition) is 0. The quantitative estimate of drug-likeness (QED) is 0.0559. The van der Waals surface area contributed by atoms with Gasteiger partial charge in [-0.25, -0.2) is 16.8 Å². The summed E-state index contributed by atoms with van der Waals surface area (Å²) in [5.41, 5.74) is 0. The van der Waals surface area contributed by atoms with E-state index in [-0.39, 0.29) is 0 Å². The monoisotopic (exact) mass is 592 g/mol. The van der Waals surface area contributed by atoms with Crippen LogP contribution in [0.2, 0.25) is 0 Å². The molecule has 0 heterocycles. The maximum atomic E-state index is 9.37. The Morgan fingerprint density at radius 1 is 0.447 bits per heavy atom. The third kappa shape index (κ3) is 31.9. The van der Waals surface area contributed by atoms with Crippen molar-refractivity contribution in [2.75, 3.05) is 53.4 Å². The maximum absolute atomic E-state index is 9.37. The van der Waals surface area contributed by atoms with Gasteiger partial charge in [0.15, 0.2) is 0 Å². The standard InChI is InChI=1S/2C13H30N.H2O8S2/c2*1-5-8-11-14(4,12-9-6-2)13-10-7-3;1-9(2,3)7-8-10(4,5)6/h2*5-13H2,1-4H3;(H,1,2,3)(H,4,5,6)/q2*+1;/p-2. The highest BCUT2D eigenvalue weighted by atomic mass is 32.3. The predicted molar refractivity (Wildman–Crippen MR) is 153 cm³/mol. The number of unbranched alkanes of at least 4 members (excludes halogenated alkanes) is 6. The Kier molecular flexibility index (Phi) is 27.1. The Hall–Kier alpha value is -0.340. The number of rotatable bonds is 21. The van der Waals surface area contributed by atoms with Crippen LogP contribution in [0.5, 0.6) is 0 Å². The highest BCUT2D eigenvalue weighted by Crippen LogP contribution is 2.12. The third-order valence-corrected chi connectivity index (χ3v) is 7.06. The van der Waals surface area contributed by atoms with Crippen molar-refractivity contribution in [2.24, 2.45) is 0 Å². The summed E-state index contributed by atoms with van der Waals surface area (Å²) < 4.78 is 64.1. The van der Waals surface area contributed by atoms with Crippen molar-refractivity contribution in [3.05, 3.63) is 0 Å². The first-order chi connectivity index (χ1) is 17.6. The lowest BCUT2D eigenvalue weighted by atomic mass is 10.2. The molecule has 0 saturated heterocycles. The molecule has 0 saturated carbocycles. The molecule has 0 aliphatic rings. The molecule has 0 unspecified atom stereocenters. The number of hydrogen-bond acceptors (Lipinski definition) is 8. The molecule has 0 aromatic heterocycles. The fourth-order valence-corrected chi connectivity index (χ4v) is 4.52. The van der Waals surface area contributed by atoms with E-state index in [1.807, 2.05) is 0 Å². The zero-order valence-corrected chi connectivity index (χ0v) is 27.3. The summed E-state index contributed by atoms with van der Waals surface area (Å²) in [6, 6.07) is 0. The van der Waals surface area contributed by atoms with Crippen LogP contribution in [0, 0.1) is 0 Å². The van der Waals surface area contributed by atoms with Crippen LogP contribution in [0.1, 0.15) is 119 Å². The van der Waals surface area contributed by atoms with Gasteiger partial charge in [0.25, 0.3) is 0 Å². The van der Waals surface area contributed by atoms with Gasteiger partial charge in [-0.15, -0.1) is 8.67 Å². The average molecular weight is 593 g/mol. The molecule has 0 aromatic rings. The first-order valence-corrected chi connectivity index (χ1v) is 17.2. The molecule has 0 N–H and O–H groups in total. The average Bonchev–Trinajstić information content (AvgIpc) is 2.85. The predicted octanol–water partition coefficient (Wildman–Crippen LogP) is 5.52. The lowest BCUT2D eigenvalue weighted by Crippen LogP contribution is -2.46. The molecule has 0 aliphatic carbocycles. The molecule has 0 spiro atoms. The molecule has 234 valence electrons. The molecule has 10 nitrogen and oxygen atoms in total. The molecule has 0 rings (SSSR count). The summed E-state index contributed by atoms with van der Waals surface area (Å²) in [4.78, 5) is 0. The van der Waals surface area contributed by atoms with Crippen LogP contribution in [0.4, 0.5) is 0 Å². The Labute approximate surface area is 236 Å². The minimum atomic E-state index is -5.31. The summed E-state index contributed by atoms with van der Waals surface area (Å²) >= 11 is 0. The summed E-state index contributed by atoms with van der Waals surface area (Å²) in [5, 5.41) is 0. The van der Waals surface area contributed by atoms with Gasteiger partial charge in [-0.3, -0.25) is 0 Å². The van der Waals surface area contributed by atoms with Crippen molar-refractivity contribution in [1.29, 1.82) is 0 Å². The van der Waals surface area contributed by atoms with E-state index in [1.54, 1.807) is 0 Å². The van der Waals surface area contributed by atoms with Gasteiger partial charge in [-0.1, -0.05) is 80.1 Å². The van der Waals surface area contributed by atoms with Gasteiger partial charge in [-0.2, -0.15) is 0 Å². The highest BCUT2D eigenvalue weighted by molar-refractivity contribution is 7.83. The highest BCUT2D eigenvalue weighted by Gasteiger charge is 2.19. The van der Waals surface area contributed by atoms with Gasteiger partial charge in [-0.05, 0) is 38.5 Å². The van der Waals surface area contributed by atoms with Crippen LogP contribution in [-0.4, -0.2) is 88.3 Å². The largest absolute Gasteiger partial charge is 0.724 e. The molecule has 38 heavy (non-hydrogen) atoms. The van der Waals surface area contributed by atoms with E-state index in [9.17, 15) is 25.9 Å². The van der Waals surface area contributed by atoms with Crippen molar-refractivity contribution < 1.29 is 43.6 Å². The van der Waals surface area contributed by atoms with Gasteiger partial charge in [0, 0.05) is 0 Å². The van der Waals surface area contributed by atoms with Crippen molar-refractivity contribution >= 4 is 20.8 Å². The zero-order valence-electron chi connectivity index (χ0n) is 25.7. The lowest BCUT2D eigenvalue weighted by molar-refractivity contribution is -0.910. The van der Waals surface area contributed by atoms with E-state index in [1.165, 1.54) is 125 Å². The lowest BCUT2D eigenvalue weighted by Gasteiger charge is -2.34. The van der Waals surface area contributed by atoms with Gasteiger partial charge in [0.05, 0.1) is 53.4 Å². The molecule has 0 amide bonds. The van der Waals surface area contributed by atoms with Crippen LogP contribution >= 0.6 is 0 Å². The minimum absolute atomic E-state index is 1.32. The van der Waals surface area contributed by atoms with Crippen LogP contribution in [-0.2, 0) is 29.5 Å². The molecular weight excluding hydrogens is 532 g/mol. The molecule has 0 bridgehead atoms. The van der Waals surface area contributed by atoms with Crippen LogP contribution < -0.4 is 0 Å². The van der Waals surface area contributed by atoms with Crippen LogP contribution in [0.25, 0.3) is 0 Å². The maximum Gasteiger partial charge on any atom is 0.246 e. The molecule has 12 heteroatoms. The fraction of sp³-hybridized carbons (Fsp3) is 1.00. The number of quaternary nitrogens is 2. The zero-order chi connectivity index (χ0) is 30.1. The molecular formula is C26H60N2O8S2. The van der Waals surface area contributed by atoms with Gasteiger partial charge in [0.2, 0.25) is 20.8 Å². The molecule has 0 aromatic carbocycles. The fourth-order valence-electron chi connectivity index (χ4n) is 3.98. The SMILES string of the molecule is CCCC[N+](C)(CCCC)CCCC.CCCC[N+](C)(CCCC)CCCC.O=S(=O)([O-])OOS(=O)(=O)[O-]. The topological polar surface area (TPSA) is 133 Å². The van der Waals surface area contributed by atoms with Crippen molar-refractivity contribution in [3.8, 4) is 0 Å². The molecule has 0 fully saturated rings. The van der Waals surface area contributed by atoms with E-state index in [2.05, 4.69) is 64.3 Å². The molecule has 0 radical (unpaired) electrons. The second kappa shape index (κ2) is 24.5. The van der Waals surface area contributed by atoms with Crippen molar-refractivity contribution in [3.63, 3.8) is 0 Å². The van der Waals surface area contributed by atoms with Crippen LogP contribution in [0.3, 0.4) is 0 Å². The summed E-state index contributed by atoms with van der Waals surface area (Å²) in [6.07, 6.45) is 16.4. The molecule has 0 atom stereocenters. The first kappa shape index (κ1) is 42.1.